The number of halogens is 4. The fourth-order valence-corrected chi connectivity index (χ4v) is 1.27. The third kappa shape index (κ3) is 3.02. The normalized spacial score (nSPS) is 11.4. The van der Waals surface area contributed by atoms with Gasteiger partial charge in [-0.05, 0) is 17.3 Å². The first kappa shape index (κ1) is 13.8. The highest BCUT2D eigenvalue weighted by atomic mass is 19.4. The summed E-state index contributed by atoms with van der Waals surface area (Å²) in [5, 5.41) is 13.9. The summed E-state index contributed by atoms with van der Waals surface area (Å²) in [7, 11) is 0. The van der Waals surface area contributed by atoms with Gasteiger partial charge in [-0.3, -0.25) is 10.1 Å². The molecule has 20 heavy (non-hydrogen) atoms. The number of carbonyl (C=O) groups excluding carboxylic acids is 1. The largest absolute Gasteiger partial charge is 0.508 e. The van der Waals surface area contributed by atoms with Gasteiger partial charge in [0.25, 0.3) is 11.9 Å². The van der Waals surface area contributed by atoms with E-state index in [1.165, 1.54) is 0 Å². The highest BCUT2D eigenvalue weighted by molar-refractivity contribution is 6.03. The van der Waals surface area contributed by atoms with Crippen molar-refractivity contribution in [2.45, 2.75) is 6.18 Å². The zero-order valence-electron chi connectivity index (χ0n) is 9.40. The quantitative estimate of drug-likeness (QED) is 0.828. The third-order valence-electron chi connectivity index (χ3n) is 2.04. The van der Waals surface area contributed by atoms with Crippen molar-refractivity contribution in [2.24, 2.45) is 0 Å². The molecule has 2 N–H and O–H groups in total. The predicted molar refractivity (Wildman–Crippen MR) is 55.3 cm³/mol. The molecule has 0 fully saturated rings. The van der Waals surface area contributed by atoms with Gasteiger partial charge < -0.3 is 9.63 Å². The number of hydrogen-bond donors (Lipinski definition) is 2. The van der Waals surface area contributed by atoms with Gasteiger partial charge in [0.1, 0.15) is 11.6 Å². The Bertz CT molecular complexity index is 633. The maximum absolute atomic E-state index is 12.9. The van der Waals surface area contributed by atoms with Crippen molar-refractivity contribution in [3.63, 3.8) is 0 Å². The van der Waals surface area contributed by atoms with E-state index >= 15 is 0 Å². The molecule has 1 aromatic carbocycles. The van der Waals surface area contributed by atoms with Crippen LogP contribution in [0.5, 0.6) is 5.75 Å². The minimum Gasteiger partial charge on any atom is -0.508 e. The third-order valence-corrected chi connectivity index (χ3v) is 2.04. The van der Waals surface area contributed by atoms with Crippen molar-refractivity contribution in [2.75, 3.05) is 5.32 Å². The number of aromatic hydroxyl groups is 1. The highest BCUT2D eigenvalue weighted by Crippen LogP contribution is 2.28. The van der Waals surface area contributed by atoms with Crippen molar-refractivity contribution in [1.82, 2.24) is 10.1 Å². The maximum Gasteiger partial charge on any atom is 0.471 e. The fourth-order valence-electron chi connectivity index (χ4n) is 1.27. The molecule has 0 radical (unpaired) electrons. The van der Waals surface area contributed by atoms with E-state index < -0.39 is 35.5 Å². The Labute approximate surface area is 108 Å². The molecule has 0 aliphatic heterocycles. The lowest BCUT2D eigenvalue weighted by molar-refractivity contribution is -0.159. The van der Waals surface area contributed by atoms with Gasteiger partial charge in [-0.2, -0.15) is 18.2 Å². The molecule has 0 saturated heterocycles. The van der Waals surface area contributed by atoms with Gasteiger partial charge in [0.2, 0.25) is 0 Å². The molecule has 0 atom stereocenters. The topological polar surface area (TPSA) is 88.3 Å². The molecule has 1 amide bonds. The van der Waals surface area contributed by atoms with Crippen LogP contribution in [0.25, 0.3) is 0 Å². The number of anilines is 1. The lowest BCUT2D eigenvalue weighted by Gasteiger charge is -2.01. The van der Waals surface area contributed by atoms with Crippen molar-refractivity contribution in [1.29, 1.82) is 0 Å². The minimum absolute atomic E-state index is 0.319. The average Bonchev–Trinajstić information content (AvgIpc) is 2.75. The number of nitrogens with zero attached hydrogens (tertiary/aromatic N) is 2. The standard InChI is InChI=1S/C10H5F4N3O3/c11-5-1-4(2-6(18)3-5)7(19)15-9-16-8(20-17-9)10(12,13)14/h1-3,18H,(H,15,17,19). The second-order valence-corrected chi connectivity index (χ2v) is 3.57. The molecule has 0 bridgehead atoms. The van der Waals surface area contributed by atoms with E-state index in [1.807, 2.05) is 5.32 Å². The second kappa shape index (κ2) is 4.79. The Kier molecular flexibility index (Phi) is 3.30. The molecule has 0 spiro atoms. The Morgan fingerprint density at radius 2 is 2.00 bits per heavy atom. The number of carbonyl (C=O) groups is 1. The van der Waals surface area contributed by atoms with Crippen LogP contribution < -0.4 is 5.32 Å². The summed E-state index contributed by atoms with van der Waals surface area (Å²) < 4.78 is 53.4. The van der Waals surface area contributed by atoms with E-state index in [0.717, 1.165) is 18.2 Å². The molecule has 6 nitrogen and oxygen atoms in total. The average molecular weight is 291 g/mol. The minimum atomic E-state index is -4.84. The van der Waals surface area contributed by atoms with Crippen LogP contribution in [0.15, 0.2) is 22.7 Å². The van der Waals surface area contributed by atoms with E-state index in [4.69, 9.17) is 5.11 Å². The van der Waals surface area contributed by atoms with Crippen LogP contribution in [-0.4, -0.2) is 21.2 Å². The number of amides is 1. The predicted octanol–water partition coefficient (Wildman–Crippen LogP) is 2.19. The van der Waals surface area contributed by atoms with E-state index in [9.17, 15) is 22.4 Å². The number of hydrogen-bond acceptors (Lipinski definition) is 5. The lowest BCUT2D eigenvalue weighted by atomic mass is 10.2. The molecule has 1 heterocycles. The van der Waals surface area contributed by atoms with Crippen LogP contribution in [0.2, 0.25) is 0 Å². The first-order chi connectivity index (χ1) is 9.25. The molecule has 2 aromatic rings. The first-order valence-electron chi connectivity index (χ1n) is 4.97. The van der Waals surface area contributed by atoms with Crippen molar-refractivity contribution in [3.05, 3.63) is 35.5 Å². The Hall–Kier alpha value is -2.65. The number of aromatic nitrogens is 2. The smallest absolute Gasteiger partial charge is 0.471 e. The fraction of sp³-hybridized carbons (Fsp3) is 0.100. The van der Waals surface area contributed by atoms with Crippen LogP contribution in [0.3, 0.4) is 0 Å². The van der Waals surface area contributed by atoms with Crippen LogP contribution in [0.4, 0.5) is 23.5 Å². The summed E-state index contributed by atoms with van der Waals surface area (Å²) in [5.74, 6) is -4.77. The first-order valence-corrected chi connectivity index (χ1v) is 4.97. The molecule has 1 aromatic heterocycles. The zero-order chi connectivity index (χ0) is 14.9. The van der Waals surface area contributed by atoms with E-state index in [2.05, 4.69) is 14.7 Å². The molecule has 2 rings (SSSR count). The summed E-state index contributed by atoms with van der Waals surface area (Å²) in [6.07, 6.45) is -4.84. The monoisotopic (exact) mass is 291 g/mol. The number of rotatable bonds is 2. The Morgan fingerprint density at radius 1 is 1.30 bits per heavy atom. The van der Waals surface area contributed by atoms with E-state index in [0.29, 0.717) is 0 Å². The lowest BCUT2D eigenvalue weighted by Crippen LogP contribution is -2.13. The maximum atomic E-state index is 12.9. The molecule has 10 heteroatoms. The van der Waals surface area contributed by atoms with Crippen LogP contribution in [0, 0.1) is 5.82 Å². The molecular weight excluding hydrogens is 286 g/mol. The SMILES string of the molecule is O=C(Nc1noc(C(F)(F)F)n1)c1cc(O)cc(F)c1. The van der Waals surface area contributed by atoms with E-state index in [-0.39, 0.29) is 5.56 Å². The van der Waals surface area contributed by atoms with Gasteiger partial charge >= 0.3 is 12.1 Å². The number of phenols is 1. The van der Waals surface area contributed by atoms with E-state index in [1.54, 1.807) is 0 Å². The van der Waals surface area contributed by atoms with Crippen LogP contribution in [-0.2, 0) is 6.18 Å². The van der Waals surface area contributed by atoms with Crippen LogP contribution >= 0.6 is 0 Å². The van der Waals surface area contributed by atoms with Crippen molar-refractivity contribution < 1.29 is 32.0 Å². The molecule has 106 valence electrons. The summed E-state index contributed by atoms with van der Waals surface area (Å²) >= 11 is 0. The van der Waals surface area contributed by atoms with Gasteiger partial charge in [-0.15, -0.1) is 0 Å². The molecule has 0 aliphatic carbocycles. The second-order valence-electron chi connectivity index (χ2n) is 3.57. The van der Waals surface area contributed by atoms with Gasteiger partial charge in [-0.25, -0.2) is 4.39 Å². The summed E-state index contributed by atoms with van der Waals surface area (Å²) in [6.45, 7) is 0. The van der Waals surface area contributed by atoms with Gasteiger partial charge in [0, 0.05) is 11.6 Å². The van der Waals surface area contributed by atoms with Crippen LogP contribution in [0.1, 0.15) is 16.2 Å². The molecule has 0 saturated carbocycles. The molecule has 0 aliphatic rings. The summed E-state index contributed by atoms with van der Waals surface area (Å²) in [6, 6.07) is 2.45. The number of alkyl halides is 3. The van der Waals surface area contributed by atoms with Gasteiger partial charge in [0.05, 0.1) is 0 Å². The Balaban J connectivity index is 2.17. The van der Waals surface area contributed by atoms with Crippen molar-refractivity contribution >= 4 is 11.9 Å². The summed E-state index contributed by atoms with van der Waals surface area (Å²) in [5.41, 5.74) is -0.319. The van der Waals surface area contributed by atoms with Gasteiger partial charge in [-0.1, -0.05) is 0 Å². The van der Waals surface area contributed by atoms with Crippen molar-refractivity contribution in [3.8, 4) is 5.75 Å². The Morgan fingerprint density at radius 3 is 2.55 bits per heavy atom. The number of nitrogens with one attached hydrogen (secondary N) is 1. The number of benzene rings is 1. The molecular formula is C10H5F4N3O3. The summed E-state index contributed by atoms with van der Waals surface area (Å²) in [4.78, 5) is 14.5. The number of phenolic OH excluding ortho intramolecular Hbond substituents is 1. The molecule has 0 unspecified atom stereocenters. The highest BCUT2D eigenvalue weighted by Gasteiger charge is 2.38. The zero-order valence-corrected chi connectivity index (χ0v) is 9.40. The van der Waals surface area contributed by atoms with Gasteiger partial charge in [0.15, 0.2) is 0 Å².